The number of para-hydroxylation sites is 1. The van der Waals surface area contributed by atoms with Gasteiger partial charge in [-0.15, -0.1) is 0 Å². The standard InChI is InChI=1S/C29H37N5O4/c1-33(2)15-9-7-13-25(35)20-17-21(26(36)14-8-10-16-34(3)4)19-22(18-20)31-32-27-28(37)23-11-5-6-12-24(23)30-29(27)38/h5-6,11-12,17-19,27H,7-10,13-16H2,1-4H3,(H,30,38). The van der Waals surface area contributed by atoms with Crippen LogP contribution >= 0.6 is 0 Å². The van der Waals surface area contributed by atoms with Gasteiger partial charge in [0, 0.05) is 29.5 Å². The van der Waals surface area contributed by atoms with Gasteiger partial charge in [-0.3, -0.25) is 19.2 Å². The molecule has 38 heavy (non-hydrogen) atoms. The fourth-order valence-electron chi connectivity index (χ4n) is 4.21. The zero-order chi connectivity index (χ0) is 27.7. The van der Waals surface area contributed by atoms with Crippen LogP contribution in [0.25, 0.3) is 0 Å². The Morgan fingerprint density at radius 3 is 1.92 bits per heavy atom. The first-order valence-electron chi connectivity index (χ1n) is 13.0. The Hall–Kier alpha value is -3.56. The zero-order valence-corrected chi connectivity index (χ0v) is 22.7. The van der Waals surface area contributed by atoms with Crippen molar-refractivity contribution in [2.75, 3.05) is 46.6 Å². The topological polar surface area (TPSA) is 112 Å². The Labute approximate surface area is 224 Å². The van der Waals surface area contributed by atoms with Gasteiger partial charge in [0.1, 0.15) is 0 Å². The second-order valence-electron chi connectivity index (χ2n) is 10.2. The van der Waals surface area contributed by atoms with Crippen molar-refractivity contribution in [2.24, 2.45) is 10.2 Å². The smallest absolute Gasteiger partial charge is 0.259 e. The molecule has 1 unspecified atom stereocenters. The van der Waals surface area contributed by atoms with Gasteiger partial charge in [-0.25, -0.2) is 0 Å². The molecule has 202 valence electrons. The number of amides is 1. The Kier molecular flexibility index (Phi) is 10.6. The van der Waals surface area contributed by atoms with E-state index >= 15 is 0 Å². The number of ketones is 3. The van der Waals surface area contributed by atoms with Crippen molar-refractivity contribution in [2.45, 2.75) is 44.6 Å². The molecule has 1 aliphatic rings. The van der Waals surface area contributed by atoms with Crippen LogP contribution in [0.1, 0.15) is 69.6 Å². The summed E-state index contributed by atoms with van der Waals surface area (Å²) in [6, 6.07) is 10.2. The maximum atomic E-state index is 13.0. The van der Waals surface area contributed by atoms with Gasteiger partial charge in [-0.05, 0) is 97.3 Å². The monoisotopic (exact) mass is 519 g/mol. The van der Waals surface area contributed by atoms with E-state index in [9.17, 15) is 19.2 Å². The van der Waals surface area contributed by atoms with Crippen LogP contribution in [0.4, 0.5) is 11.4 Å². The summed E-state index contributed by atoms with van der Waals surface area (Å²) >= 11 is 0. The van der Waals surface area contributed by atoms with Crippen LogP contribution in [-0.2, 0) is 4.79 Å². The van der Waals surface area contributed by atoms with E-state index in [2.05, 4.69) is 25.3 Å². The number of anilines is 1. The number of carbonyl (C=O) groups is 4. The predicted octanol–water partition coefficient (Wildman–Crippen LogP) is 4.80. The van der Waals surface area contributed by atoms with Crippen LogP contribution in [0.5, 0.6) is 0 Å². The third kappa shape index (κ3) is 8.22. The van der Waals surface area contributed by atoms with Gasteiger partial charge >= 0.3 is 0 Å². The Balaban J connectivity index is 1.81. The Bertz CT molecular complexity index is 1160. The van der Waals surface area contributed by atoms with Gasteiger partial charge < -0.3 is 15.1 Å². The molecule has 1 atom stereocenters. The fourth-order valence-corrected chi connectivity index (χ4v) is 4.21. The molecule has 0 saturated heterocycles. The highest BCUT2D eigenvalue weighted by molar-refractivity contribution is 6.23. The average molecular weight is 520 g/mol. The molecular weight excluding hydrogens is 482 g/mol. The zero-order valence-electron chi connectivity index (χ0n) is 22.7. The maximum Gasteiger partial charge on any atom is 0.259 e. The number of hydrogen-bond donors (Lipinski definition) is 1. The van der Waals surface area contributed by atoms with E-state index in [0.29, 0.717) is 35.2 Å². The van der Waals surface area contributed by atoms with E-state index in [1.54, 1.807) is 42.5 Å². The van der Waals surface area contributed by atoms with E-state index in [4.69, 9.17) is 0 Å². The summed E-state index contributed by atoms with van der Waals surface area (Å²) in [5.41, 5.74) is 1.84. The van der Waals surface area contributed by atoms with Crippen molar-refractivity contribution in [3.63, 3.8) is 0 Å². The number of carbonyl (C=O) groups excluding carboxylic acids is 4. The molecule has 0 bridgehead atoms. The molecule has 0 radical (unpaired) electrons. The lowest BCUT2D eigenvalue weighted by Crippen LogP contribution is -2.38. The maximum absolute atomic E-state index is 13.0. The molecule has 0 saturated carbocycles. The summed E-state index contributed by atoms with van der Waals surface area (Å²) in [5, 5.41) is 10.9. The summed E-state index contributed by atoms with van der Waals surface area (Å²) in [5.74, 6) is -1.17. The first kappa shape index (κ1) is 29.0. The molecule has 0 fully saturated rings. The second-order valence-corrected chi connectivity index (χ2v) is 10.2. The summed E-state index contributed by atoms with van der Waals surface area (Å²) in [6.07, 6.45) is 3.93. The molecule has 9 heteroatoms. The molecule has 2 aromatic carbocycles. The number of azo groups is 1. The molecule has 1 amide bonds. The summed E-state index contributed by atoms with van der Waals surface area (Å²) < 4.78 is 0. The molecule has 0 aliphatic carbocycles. The number of benzene rings is 2. The lowest BCUT2D eigenvalue weighted by molar-refractivity contribution is -0.116. The van der Waals surface area contributed by atoms with Crippen molar-refractivity contribution in [1.29, 1.82) is 0 Å². The fraction of sp³-hybridized carbons (Fsp3) is 0.448. The number of fused-ring (bicyclic) bond motifs is 1. The van der Waals surface area contributed by atoms with Crippen LogP contribution < -0.4 is 5.32 Å². The summed E-state index contributed by atoms with van der Waals surface area (Å²) in [6.45, 7) is 1.78. The van der Waals surface area contributed by atoms with Gasteiger partial charge in [0.25, 0.3) is 5.91 Å². The van der Waals surface area contributed by atoms with Gasteiger partial charge in [0.2, 0.25) is 11.8 Å². The molecule has 9 nitrogen and oxygen atoms in total. The van der Waals surface area contributed by atoms with Crippen molar-refractivity contribution in [3.8, 4) is 0 Å². The van der Waals surface area contributed by atoms with Gasteiger partial charge in [-0.2, -0.15) is 10.2 Å². The molecule has 1 heterocycles. The van der Waals surface area contributed by atoms with Gasteiger partial charge in [0.15, 0.2) is 11.6 Å². The van der Waals surface area contributed by atoms with Gasteiger partial charge in [-0.1, -0.05) is 12.1 Å². The van der Waals surface area contributed by atoms with E-state index in [-0.39, 0.29) is 17.3 Å². The minimum absolute atomic E-state index is 0.0807. The number of unbranched alkanes of at least 4 members (excludes halogenated alkanes) is 2. The highest BCUT2D eigenvalue weighted by Crippen LogP contribution is 2.26. The van der Waals surface area contributed by atoms with Crippen LogP contribution in [0, 0.1) is 0 Å². The van der Waals surface area contributed by atoms with Crippen molar-refractivity contribution >= 4 is 34.6 Å². The van der Waals surface area contributed by atoms with Gasteiger partial charge in [0.05, 0.1) is 11.4 Å². The lowest BCUT2D eigenvalue weighted by atomic mass is 9.98. The molecular formula is C29H37N5O4. The highest BCUT2D eigenvalue weighted by atomic mass is 16.2. The quantitative estimate of drug-likeness (QED) is 0.166. The van der Waals surface area contributed by atoms with E-state index in [1.807, 2.05) is 28.2 Å². The third-order valence-corrected chi connectivity index (χ3v) is 6.32. The SMILES string of the molecule is CN(C)CCCCC(=O)c1cc(N=NC2C(=O)Nc3ccccc3C2=O)cc(C(=O)CCCCN(C)C)c1. The van der Waals surface area contributed by atoms with E-state index < -0.39 is 17.7 Å². The minimum Gasteiger partial charge on any atom is -0.323 e. The molecule has 0 spiro atoms. The summed E-state index contributed by atoms with van der Waals surface area (Å²) in [7, 11) is 7.95. The second kappa shape index (κ2) is 13.8. The number of Topliss-reactive ketones (excluding diaryl/α,β-unsaturated/α-hetero) is 3. The van der Waals surface area contributed by atoms with E-state index in [0.717, 1.165) is 38.8 Å². The molecule has 3 rings (SSSR count). The van der Waals surface area contributed by atoms with Crippen molar-refractivity contribution in [3.05, 3.63) is 59.2 Å². The van der Waals surface area contributed by atoms with E-state index in [1.165, 1.54) is 0 Å². The third-order valence-electron chi connectivity index (χ3n) is 6.32. The predicted molar refractivity (Wildman–Crippen MR) is 148 cm³/mol. The number of nitrogens with zero attached hydrogens (tertiary/aromatic N) is 4. The minimum atomic E-state index is -1.33. The Morgan fingerprint density at radius 2 is 1.37 bits per heavy atom. The number of hydrogen-bond acceptors (Lipinski definition) is 8. The summed E-state index contributed by atoms with van der Waals surface area (Å²) in [4.78, 5) is 55.5. The average Bonchev–Trinajstić information content (AvgIpc) is 2.88. The normalized spacial score (nSPS) is 15.3. The molecule has 1 aliphatic heterocycles. The number of rotatable bonds is 14. The molecule has 1 N–H and O–H groups in total. The van der Waals surface area contributed by atoms with Crippen LogP contribution in [-0.4, -0.2) is 80.4 Å². The first-order valence-corrected chi connectivity index (χ1v) is 13.0. The largest absolute Gasteiger partial charge is 0.323 e. The van der Waals surface area contributed by atoms with Crippen LogP contribution in [0.15, 0.2) is 52.7 Å². The van der Waals surface area contributed by atoms with Crippen LogP contribution in [0.2, 0.25) is 0 Å². The number of nitrogens with one attached hydrogen (secondary N) is 1. The van der Waals surface area contributed by atoms with Crippen molar-refractivity contribution < 1.29 is 19.2 Å². The first-order chi connectivity index (χ1) is 18.2. The van der Waals surface area contributed by atoms with Crippen LogP contribution in [0.3, 0.4) is 0 Å². The molecule has 2 aromatic rings. The highest BCUT2D eigenvalue weighted by Gasteiger charge is 2.34. The Morgan fingerprint density at radius 1 is 0.816 bits per heavy atom. The lowest BCUT2D eigenvalue weighted by Gasteiger charge is -2.19. The van der Waals surface area contributed by atoms with Crippen molar-refractivity contribution in [1.82, 2.24) is 9.80 Å². The molecule has 0 aromatic heterocycles.